The molecular formula is C22H45NO2Si. The van der Waals surface area contributed by atoms with Crippen molar-refractivity contribution >= 4 is 15.5 Å². The van der Waals surface area contributed by atoms with E-state index in [0.717, 1.165) is 19.4 Å². The molecule has 0 rings (SSSR count). The van der Waals surface area contributed by atoms with E-state index in [2.05, 4.69) is 0 Å². The van der Waals surface area contributed by atoms with Crippen molar-refractivity contribution in [2.75, 3.05) is 6.54 Å². The van der Waals surface area contributed by atoms with Gasteiger partial charge in [-0.3, -0.25) is 4.79 Å². The minimum absolute atomic E-state index is 0.343. The molecule has 0 aliphatic rings. The third-order valence-corrected chi connectivity index (χ3v) is 6.47. The van der Waals surface area contributed by atoms with Crippen LogP contribution < -0.4 is 5.73 Å². The van der Waals surface area contributed by atoms with Crippen molar-refractivity contribution in [2.45, 2.75) is 128 Å². The third kappa shape index (κ3) is 23.6. The van der Waals surface area contributed by atoms with E-state index in [-0.39, 0.29) is 0 Å². The first-order chi connectivity index (χ1) is 12.8. The van der Waals surface area contributed by atoms with Crippen LogP contribution in [0.3, 0.4) is 0 Å². The molecule has 0 amide bonds. The average molecular weight is 384 g/mol. The fraction of sp³-hybridized carbons (Fsp3) is 0.955. The standard InChI is InChI=1S/C22H45NO2Si/c23-19-15-11-7-3-5-9-13-17-21-26-20-16-12-8-4-1-2-6-10-14-18-22(24)25/h1-21,23H2,(H,24,25). The van der Waals surface area contributed by atoms with Gasteiger partial charge in [-0.25, -0.2) is 0 Å². The van der Waals surface area contributed by atoms with Gasteiger partial charge in [-0.2, -0.15) is 0 Å². The Morgan fingerprint density at radius 2 is 0.923 bits per heavy atom. The lowest BCUT2D eigenvalue weighted by Crippen LogP contribution is -1.97. The molecule has 0 saturated heterocycles. The van der Waals surface area contributed by atoms with Crippen LogP contribution in [-0.2, 0) is 4.79 Å². The van der Waals surface area contributed by atoms with E-state index in [1.807, 2.05) is 0 Å². The molecule has 0 aromatic heterocycles. The first-order valence-electron chi connectivity index (χ1n) is 11.4. The highest BCUT2D eigenvalue weighted by Crippen LogP contribution is 2.13. The molecule has 0 fully saturated rings. The fourth-order valence-corrected chi connectivity index (χ4v) is 4.59. The van der Waals surface area contributed by atoms with Crippen LogP contribution >= 0.6 is 0 Å². The number of hydrogen-bond acceptors (Lipinski definition) is 2. The summed E-state index contributed by atoms with van der Waals surface area (Å²) >= 11 is 0. The molecule has 3 nitrogen and oxygen atoms in total. The van der Waals surface area contributed by atoms with Gasteiger partial charge in [0.2, 0.25) is 0 Å². The summed E-state index contributed by atoms with van der Waals surface area (Å²) in [5.74, 6) is -0.653. The van der Waals surface area contributed by atoms with Crippen molar-refractivity contribution < 1.29 is 9.90 Å². The predicted octanol–water partition coefficient (Wildman–Crippen LogP) is 6.59. The highest BCUT2D eigenvalue weighted by molar-refractivity contribution is 6.35. The molecule has 0 aromatic carbocycles. The number of unbranched alkanes of at least 4 members (excludes halogenated alkanes) is 15. The first-order valence-corrected chi connectivity index (χ1v) is 12.8. The molecule has 0 saturated carbocycles. The van der Waals surface area contributed by atoms with Crippen LogP contribution in [0.15, 0.2) is 0 Å². The second-order valence-corrected chi connectivity index (χ2v) is 9.19. The minimum Gasteiger partial charge on any atom is -0.481 e. The monoisotopic (exact) mass is 383 g/mol. The molecule has 2 radical (unpaired) electrons. The molecule has 0 spiro atoms. The molecule has 0 atom stereocenters. The largest absolute Gasteiger partial charge is 0.481 e. The Hall–Kier alpha value is -0.353. The quantitative estimate of drug-likeness (QED) is 0.164. The SMILES string of the molecule is NCCCCCCCCCC[Si]CCCCCCCCCCCC(=O)O. The maximum Gasteiger partial charge on any atom is 0.303 e. The molecule has 26 heavy (non-hydrogen) atoms. The molecule has 0 aliphatic heterocycles. The van der Waals surface area contributed by atoms with E-state index >= 15 is 0 Å². The topological polar surface area (TPSA) is 63.3 Å². The van der Waals surface area contributed by atoms with Crippen LogP contribution in [0.4, 0.5) is 0 Å². The van der Waals surface area contributed by atoms with Gasteiger partial charge in [0.15, 0.2) is 0 Å². The highest BCUT2D eigenvalue weighted by atomic mass is 28.2. The average Bonchev–Trinajstić information content (AvgIpc) is 2.62. The lowest BCUT2D eigenvalue weighted by atomic mass is 10.1. The van der Waals surface area contributed by atoms with Crippen LogP contribution in [0.5, 0.6) is 0 Å². The highest BCUT2D eigenvalue weighted by Gasteiger charge is 1.97. The summed E-state index contributed by atoms with van der Waals surface area (Å²) in [4.78, 5) is 10.4. The normalized spacial score (nSPS) is 11.1. The lowest BCUT2D eigenvalue weighted by Gasteiger charge is -2.03. The van der Waals surface area contributed by atoms with Crippen molar-refractivity contribution in [1.29, 1.82) is 0 Å². The molecule has 0 aliphatic carbocycles. The summed E-state index contributed by atoms with van der Waals surface area (Å²) in [5, 5.41) is 8.57. The summed E-state index contributed by atoms with van der Waals surface area (Å²) in [6.45, 7) is 0.858. The summed E-state index contributed by atoms with van der Waals surface area (Å²) < 4.78 is 0. The van der Waals surface area contributed by atoms with Crippen LogP contribution in [-0.4, -0.2) is 27.1 Å². The van der Waals surface area contributed by atoms with Crippen LogP contribution in [0, 0.1) is 0 Å². The second kappa shape index (κ2) is 22.7. The number of rotatable bonds is 22. The van der Waals surface area contributed by atoms with E-state index in [9.17, 15) is 4.79 Å². The Bertz CT molecular complexity index is 287. The van der Waals surface area contributed by atoms with Crippen molar-refractivity contribution in [3.63, 3.8) is 0 Å². The molecule has 154 valence electrons. The van der Waals surface area contributed by atoms with Gasteiger partial charge in [0.1, 0.15) is 0 Å². The van der Waals surface area contributed by atoms with E-state index in [1.165, 1.54) is 118 Å². The van der Waals surface area contributed by atoms with Crippen molar-refractivity contribution in [2.24, 2.45) is 5.73 Å². The van der Waals surface area contributed by atoms with E-state index in [0.29, 0.717) is 6.42 Å². The number of carboxylic acid groups (broad SMARTS) is 1. The third-order valence-electron chi connectivity index (χ3n) is 5.05. The molecular weight excluding hydrogens is 338 g/mol. The van der Waals surface area contributed by atoms with Gasteiger partial charge in [-0.15, -0.1) is 0 Å². The Labute approximate surface area is 165 Å². The number of hydrogen-bond donors (Lipinski definition) is 2. The lowest BCUT2D eigenvalue weighted by molar-refractivity contribution is -0.137. The number of carbonyl (C=O) groups is 1. The smallest absolute Gasteiger partial charge is 0.303 e. The summed E-state index contributed by atoms with van der Waals surface area (Å²) in [6.07, 6.45) is 22.8. The Morgan fingerprint density at radius 1 is 0.577 bits per heavy atom. The van der Waals surface area contributed by atoms with Crippen molar-refractivity contribution in [1.82, 2.24) is 0 Å². The predicted molar refractivity (Wildman–Crippen MR) is 115 cm³/mol. The van der Waals surface area contributed by atoms with Gasteiger partial charge in [0.25, 0.3) is 0 Å². The van der Waals surface area contributed by atoms with Gasteiger partial charge in [-0.1, -0.05) is 108 Å². The van der Waals surface area contributed by atoms with E-state index < -0.39 is 5.97 Å². The maximum atomic E-state index is 10.4. The number of aliphatic carboxylic acids is 1. The van der Waals surface area contributed by atoms with Gasteiger partial charge < -0.3 is 10.8 Å². The first kappa shape index (κ1) is 25.6. The number of carboxylic acids is 1. The molecule has 0 heterocycles. The zero-order valence-corrected chi connectivity index (χ0v) is 18.3. The van der Waals surface area contributed by atoms with Gasteiger partial charge in [0.05, 0.1) is 0 Å². The Balaban J connectivity index is 2.98. The molecule has 0 unspecified atom stereocenters. The summed E-state index contributed by atoms with van der Waals surface area (Å²) in [7, 11) is 1.19. The second-order valence-electron chi connectivity index (χ2n) is 7.69. The molecule has 3 N–H and O–H groups in total. The number of nitrogens with two attached hydrogens (primary N) is 1. The zero-order valence-electron chi connectivity index (χ0n) is 17.3. The zero-order chi connectivity index (χ0) is 19.1. The summed E-state index contributed by atoms with van der Waals surface area (Å²) in [6, 6.07) is 2.91. The van der Waals surface area contributed by atoms with Gasteiger partial charge >= 0.3 is 5.97 Å². The van der Waals surface area contributed by atoms with Crippen LogP contribution in [0.25, 0.3) is 0 Å². The van der Waals surface area contributed by atoms with Crippen LogP contribution in [0.2, 0.25) is 12.1 Å². The Morgan fingerprint density at radius 3 is 1.31 bits per heavy atom. The van der Waals surface area contributed by atoms with Crippen molar-refractivity contribution in [3.05, 3.63) is 0 Å². The van der Waals surface area contributed by atoms with E-state index in [4.69, 9.17) is 10.8 Å². The Kier molecular flexibility index (Phi) is 22.4. The van der Waals surface area contributed by atoms with Crippen molar-refractivity contribution in [3.8, 4) is 0 Å². The minimum atomic E-state index is -0.653. The summed E-state index contributed by atoms with van der Waals surface area (Å²) in [5.41, 5.74) is 5.50. The fourth-order valence-electron chi connectivity index (χ4n) is 3.34. The maximum absolute atomic E-state index is 10.4. The molecule has 4 heteroatoms. The van der Waals surface area contributed by atoms with Crippen LogP contribution in [0.1, 0.15) is 116 Å². The van der Waals surface area contributed by atoms with Gasteiger partial charge in [-0.05, 0) is 19.4 Å². The van der Waals surface area contributed by atoms with E-state index in [1.54, 1.807) is 0 Å². The molecule has 0 aromatic rings. The molecule has 0 bridgehead atoms. The van der Waals surface area contributed by atoms with Gasteiger partial charge in [0, 0.05) is 15.9 Å².